The predicted molar refractivity (Wildman–Crippen MR) is 92.3 cm³/mol. The molecule has 3 heterocycles. The van der Waals surface area contributed by atoms with Crippen molar-refractivity contribution in [2.24, 2.45) is 0 Å². The second kappa shape index (κ2) is 7.48. The number of halogens is 3. The first kappa shape index (κ1) is 18.4. The summed E-state index contributed by atoms with van der Waals surface area (Å²) in [5.41, 5.74) is 0.109. The summed E-state index contributed by atoms with van der Waals surface area (Å²) in [4.78, 5) is 6.52. The van der Waals surface area contributed by atoms with Gasteiger partial charge in [0.1, 0.15) is 5.69 Å². The first-order valence-electron chi connectivity index (χ1n) is 7.88. The summed E-state index contributed by atoms with van der Waals surface area (Å²) in [6.07, 6.45) is 1.45. The van der Waals surface area contributed by atoms with E-state index < -0.39 is 11.6 Å². The van der Waals surface area contributed by atoms with Crippen LogP contribution in [0.15, 0.2) is 35.0 Å². The molecule has 10 heteroatoms. The van der Waals surface area contributed by atoms with Gasteiger partial charge in [-0.2, -0.15) is 10.1 Å². The molecule has 26 heavy (non-hydrogen) atoms. The molecule has 138 valence electrons. The largest absolute Gasteiger partial charge is 0.332 e. The number of benzene rings is 1. The second-order valence-corrected chi connectivity index (χ2v) is 5.87. The molecule has 2 aromatic heterocycles. The Morgan fingerprint density at radius 1 is 1.23 bits per heavy atom. The van der Waals surface area contributed by atoms with E-state index in [1.807, 2.05) is 7.05 Å². The molecule has 1 saturated heterocycles. The van der Waals surface area contributed by atoms with Crippen LogP contribution in [0, 0.1) is 11.6 Å². The SMILES string of the molecule is CN1CCNCC1c1noc(-c2ccn(-c3c(F)cccc3F)n2)n1.Cl. The van der Waals surface area contributed by atoms with Crippen molar-refractivity contribution in [3.63, 3.8) is 0 Å². The van der Waals surface area contributed by atoms with Crippen LogP contribution in [-0.2, 0) is 0 Å². The summed E-state index contributed by atoms with van der Waals surface area (Å²) in [6, 6.07) is 5.24. The van der Waals surface area contributed by atoms with Crippen LogP contribution in [0.5, 0.6) is 0 Å². The van der Waals surface area contributed by atoms with E-state index in [0.29, 0.717) is 11.5 Å². The topological polar surface area (TPSA) is 72.0 Å². The Hall–Kier alpha value is -2.36. The van der Waals surface area contributed by atoms with Gasteiger partial charge in [-0.05, 0) is 25.2 Å². The molecule has 1 atom stereocenters. The van der Waals surface area contributed by atoms with E-state index in [9.17, 15) is 8.78 Å². The highest BCUT2D eigenvalue weighted by Crippen LogP contribution is 2.23. The Bertz CT molecular complexity index is 878. The summed E-state index contributed by atoms with van der Waals surface area (Å²) in [5, 5.41) is 11.5. The van der Waals surface area contributed by atoms with Gasteiger partial charge in [-0.15, -0.1) is 12.4 Å². The number of nitrogens with one attached hydrogen (secondary N) is 1. The highest BCUT2D eigenvalue weighted by atomic mass is 35.5. The molecule has 1 unspecified atom stereocenters. The fourth-order valence-corrected chi connectivity index (χ4v) is 2.84. The lowest BCUT2D eigenvalue weighted by atomic mass is 10.2. The molecular formula is C16H17ClF2N6O. The monoisotopic (exact) mass is 382 g/mol. The molecule has 0 radical (unpaired) electrons. The number of hydrogen-bond acceptors (Lipinski definition) is 6. The number of piperazine rings is 1. The van der Waals surface area contributed by atoms with Crippen LogP contribution in [0.1, 0.15) is 11.9 Å². The van der Waals surface area contributed by atoms with Crippen molar-refractivity contribution in [1.29, 1.82) is 0 Å². The van der Waals surface area contributed by atoms with Crippen LogP contribution >= 0.6 is 12.4 Å². The first-order valence-corrected chi connectivity index (χ1v) is 7.88. The zero-order valence-corrected chi connectivity index (χ0v) is 14.7. The molecular weight excluding hydrogens is 366 g/mol. The van der Waals surface area contributed by atoms with Gasteiger partial charge in [0, 0.05) is 25.8 Å². The third-order valence-corrected chi connectivity index (χ3v) is 4.23. The van der Waals surface area contributed by atoms with E-state index in [4.69, 9.17) is 4.52 Å². The third-order valence-electron chi connectivity index (χ3n) is 4.23. The van der Waals surface area contributed by atoms with Crippen molar-refractivity contribution in [2.75, 3.05) is 26.7 Å². The maximum atomic E-state index is 13.9. The smallest absolute Gasteiger partial charge is 0.278 e. The van der Waals surface area contributed by atoms with E-state index in [1.54, 1.807) is 6.07 Å². The van der Waals surface area contributed by atoms with Crippen LogP contribution < -0.4 is 5.32 Å². The van der Waals surface area contributed by atoms with Gasteiger partial charge in [0.05, 0.1) is 6.04 Å². The van der Waals surface area contributed by atoms with Gasteiger partial charge in [-0.3, -0.25) is 4.90 Å². The number of para-hydroxylation sites is 1. The fourth-order valence-electron chi connectivity index (χ4n) is 2.84. The van der Waals surface area contributed by atoms with E-state index >= 15 is 0 Å². The van der Waals surface area contributed by atoms with E-state index in [0.717, 1.165) is 24.3 Å². The Kier molecular flexibility index (Phi) is 5.30. The molecule has 0 saturated carbocycles. The fraction of sp³-hybridized carbons (Fsp3) is 0.312. The molecule has 1 fully saturated rings. The van der Waals surface area contributed by atoms with E-state index in [1.165, 1.54) is 24.4 Å². The van der Waals surface area contributed by atoms with Crippen LogP contribution in [0.3, 0.4) is 0 Å². The maximum absolute atomic E-state index is 13.9. The number of aromatic nitrogens is 4. The van der Waals surface area contributed by atoms with E-state index in [-0.39, 0.29) is 30.0 Å². The van der Waals surface area contributed by atoms with Gasteiger partial charge in [-0.1, -0.05) is 11.2 Å². The molecule has 1 aliphatic rings. The lowest BCUT2D eigenvalue weighted by molar-refractivity contribution is 0.190. The highest BCUT2D eigenvalue weighted by Gasteiger charge is 2.26. The minimum atomic E-state index is -0.698. The summed E-state index contributed by atoms with van der Waals surface area (Å²) in [6.45, 7) is 2.52. The maximum Gasteiger partial charge on any atom is 0.278 e. The third kappa shape index (κ3) is 3.33. The summed E-state index contributed by atoms with van der Waals surface area (Å²) >= 11 is 0. The predicted octanol–water partition coefficient (Wildman–Crippen LogP) is 2.20. The van der Waals surface area contributed by atoms with Crippen LogP contribution in [0.2, 0.25) is 0 Å². The minimum Gasteiger partial charge on any atom is -0.332 e. The Morgan fingerprint density at radius 3 is 2.73 bits per heavy atom. The summed E-state index contributed by atoms with van der Waals surface area (Å²) in [7, 11) is 2.00. The molecule has 0 aliphatic carbocycles. The van der Waals surface area contributed by atoms with Gasteiger partial charge < -0.3 is 9.84 Å². The highest BCUT2D eigenvalue weighted by molar-refractivity contribution is 5.85. The van der Waals surface area contributed by atoms with E-state index in [2.05, 4.69) is 25.5 Å². The summed E-state index contributed by atoms with van der Waals surface area (Å²) < 4.78 is 34.2. The lowest BCUT2D eigenvalue weighted by Gasteiger charge is -2.30. The molecule has 1 aromatic carbocycles. The molecule has 3 aromatic rings. The minimum absolute atomic E-state index is 0. The second-order valence-electron chi connectivity index (χ2n) is 5.87. The molecule has 1 aliphatic heterocycles. The Balaban J connectivity index is 0.00000196. The number of rotatable bonds is 3. The van der Waals surface area contributed by atoms with Crippen molar-refractivity contribution in [3.8, 4) is 17.3 Å². The molecule has 0 amide bonds. The van der Waals surface area contributed by atoms with Gasteiger partial charge in [0.25, 0.3) is 5.89 Å². The lowest BCUT2D eigenvalue weighted by Crippen LogP contribution is -2.44. The first-order chi connectivity index (χ1) is 12.1. The van der Waals surface area contributed by atoms with Crippen molar-refractivity contribution < 1.29 is 13.3 Å². The molecule has 4 rings (SSSR count). The number of likely N-dealkylation sites (N-methyl/N-ethyl adjacent to an activating group) is 1. The zero-order valence-electron chi connectivity index (χ0n) is 13.9. The molecule has 0 bridgehead atoms. The molecule has 1 N–H and O–H groups in total. The van der Waals surface area contributed by atoms with Crippen molar-refractivity contribution >= 4 is 12.4 Å². The average Bonchev–Trinajstić information content (AvgIpc) is 3.24. The van der Waals surface area contributed by atoms with Crippen molar-refractivity contribution in [2.45, 2.75) is 6.04 Å². The normalized spacial score (nSPS) is 17.9. The van der Waals surface area contributed by atoms with Crippen LogP contribution in [-0.4, -0.2) is 51.5 Å². The quantitative estimate of drug-likeness (QED) is 0.748. The zero-order chi connectivity index (χ0) is 17.4. The van der Waals surface area contributed by atoms with Crippen molar-refractivity contribution in [1.82, 2.24) is 30.1 Å². The average molecular weight is 383 g/mol. The van der Waals surface area contributed by atoms with Crippen molar-refractivity contribution in [3.05, 3.63) is 47.9 Å². The van der Waals surface area contributed by atoms with Gasteiger partial charge in [-0.25, -0.2) is 13.5 Å². The van der Waals surface area contributed by atoms with Gasteiger partial charge >= 0.3 is 0 Å². The van der Waals surface area contributed by atoms with Gasteiger partial charge in [0.15, 0.2) is 23.2 Å². The number of hydrogen-bond donors (Lipinski definition) is 1. The number of nitrogens with zero attached hydrogens (tertiary/aromatic N) is 5. The molecule has 7 nitrogen and oxygen atoms in total. The summed E-state index contributed by atoms with van der Waals surface area (Å²) in [5.74, 6) is -0.632. The van der Waals surface area contributed by atoms with Crippen LogP contribution in [0.4, 0.5) is 8.78 Å². The standard InChI is InChI=1S/C16H16F2N6O.ClH/c1-23-8-6-19-9-13(23)15-20-16(25-22-15)12-5-7-24(21-12)14-10(17)3-2-4-11(14)18;/h2-5,7,13,19H,6,8-9H2,1H3;1H. The Labute approximate surface area is 154 Å². The van der Waals surface area contributed by atoms with Gasteiger partial charge in [0.2, 0.25) is 0 Å². The van der Waals surface area contributed by atoms with Crippen LogP contribution in [0.25, 0.3) is 17.3 Å². The molecule has 0 spiro atoms. The Morgan fingerprint density at radius 2 is 2.00 bits per heavy atom.